The van der Waals surface area contributed by atoms with Crippen LogP contribution in [0.4, 0.5) is 5.69 Å². The van der Waals surface area contributed by atoms with Gasteiger partial charge in [-0.1, -0.05) is 267 Å². The maximum absolute atomic E-state index is 6.71. The molecule has 0 amide bonds. The molecule has 0 aliphatic rings. The number of nitrogens with two attached hydrogens (primary N) is 1. The van der Waals surface area contributed by atoms with Gasteiger partial charge in [-0.3, -0.25) is 0 Å². The first kappa shape index (κ1) is 40.2. The second-order valence-corrected chi connectivity index (χ2v) is 15.5. The lowest BCUT2D eigenvalue weighted by Gasteiger charge is -2.14. The fourth-order valence-electron chi connectivity index (χ4n) is 8.08. The van der Waals surface area contributed by atoms with Crippen LogP contribution >= 0.6 is 0 Å². The number of allylic oxidation sites excluding steroid dienone is 4. The van der Waals surface area contributed by atoms with Gasteiger partial charge < -0.3 is 5.73 Å². The summed E-state index contributed by atoms with van der Waals surface area (Å²) < 4.78 is 0. The van der Waals surface area contributed by atoms with Crippen molar-refractivity contribution >= 4 is 29.0 Å². The van der Waals surface area contributed by atoms with Gasteiger partial charge in [-0.25, -0.2) is 0 Å². The lowest BCUT2D eigenvalue weighted by atomic mass is 9.91. The van der Waals surface area contributed by atoms with Crippen LogP contribution in [0.1, 0.15) is 33.4 Å². The summed E-state index contributed by atoms with van der Waals surface area (Å²) >= 11 is 0. The fourth-order valence-corrected chi connectivity index (χ4v) is 8.08. The zero-order valence-corrected chi connectivity index (χ0v) is 35.1. The summed E-state index contributed by atoms with van der Waals surface area (Å²) in [4.78, 5) is 0. The van der Waals surface area contributed by atoms with Crippen molar-refractivity contribution in [1.82, 2.24) is 0 Å². The van der Waals surface area contributed by atoms with Gasteiger partial charge >= 0.3 is 0 Å². The predicted molar refractivity (Wildman–Crippen MR) is 271 cm³/mol. The van der Waals surface area contributed by atoms with E-state index >= 15 is 0 Å². The van der Waals surface area contributed by atoms with Gasteiger partial charge in [-0.05, 0) is 89.5 Å². The Morgan fingerprint density at radius 1 is 0.286 bits per heavy atom. The van der Waals surface area contributed by atoms with Gasteiger partial charge in [0, 0.05) is 11.3 Å². The molecule has 1 heteroatoms. The normalized spacial score (nSPS) is 11.1. The molecule has 0 unspecified atom stereocenters. The Balaban J connectivity index is 0.883. The Labute approximate surface area is 371 Å². The van der Waals surface area contributed by atoms with Crippen LogP contribution in [0.5, 0.6) is 0 Å². The Morgan fingerprint density at radius 3 is 0.968 bits per heavy atom. The van der Waals surface area contributed by atoms with E-state index in [9.17, 15) is 0 Å². The molecule has 2 N–H and O–H groups in total. The van der Waals surface area contributed by atoms with Crippen LogP contribution in [-0.2, 0) is 0 Å². The zero-order chi connectivity index (χ0) is 42.6. The molecule has 0 aromatic heterocycles. The van der Waals surface area contributed by atoms with Crippen molar-refractivity contribution in [3.05, 3.63) is 294 Å². The Kier molecular flexibility index (Phi) is 12.4. The van der Waals surface area contributed by atoms with Gasteiger partial charge in [-0.2, -0.15) is 0 Å². The molecular weight excluding hydrogens is 759 g/mol. The van der Waals surface area contributed by atoms with Crippen LogP contribution in [0.3, 0.4) is 0 Å². The van der Waals surface area contributed by atoms with Crippen LogP contribution in [0.2, 0.25) is 0 Å². The maximum atomic E-state index is 6.71. The van der Waals surface area contributed by atoms with Crippen molar-refractivity contribution in [1.29, 1.82) is 0 Å². The highest BCUT2D eigenvalue weighted by molar-refractivity contribution is 5.92. The Morgan fingerprint density at radius 2 is 0.603 bits per heavy atom. The number of anilines is 1. The SMILES string of the molecule is Nc1cccc(-c2ccc(-c3ccc(C=CC=C(c4ccccc4)c4ccccc4)cc3)cc2)c1-c1ccc(-c2ccc(C=CC=C(c3ccccc3)c3ccccc3)cc2)cc1. The second kappa shape index (κ2) is 19.4. The molecule has 63 heavy (non-hydrogen) atoms. The summed E-state index contributed by atoms with van der Waals surface area (Å²) in [6.07, 6.45) is 13.0. The number of hydrogen-bond acceptors (Lipinski definition) is 1. The molecule has 0 saturated carbocycles. The van der Waals surface area contributed by atoms with Gasteiger partial charge in [0.05, 0.1) is 0 Å². The highest BCUT2D eigenvalue weighted by Crippen LogP contribution is 2.38. The first-order chi connectivity index (χ1) is 31.2. The molecule has 0 bridgehead atoms. The van der Waals surface area contributed by atoms with Crippen LogP contribution < -0.4 is 5.73 Å². The first-order valence-corrected chi connectivity index (χ1v) is 21.4. The van der Waals surface area contributed by atoms with Crippen molar-refractivity contribution < 1.29 is 0 Å². The molecule has 0 aliphatic carbocycles. The van der Waals surface area contributed by atoms with Gasteiger partial charge in [0.25, 0.3) is 0 Å². The molecule has 0 radical (unpaired) electrons. The van der Waals surface area contributed by atoms with E-state index in [0.29, 0.717) is 0 Å². The van der Waals surface area contributed by atoms with E-state index in [1.165, 1.54) is 50.1 Å². The van der Waals surface area contributed by atoms with E-state index in [0.717, 1.165) is 44.6 Å². The van der Waals surface area contributed by atoms with E-state index in [1.54, 1.807) is 0 Å². The number of nitrogen functional groups attached to an aromatic ring is 1. The quantitative estimate of drug-likeness (QED) is 0.0966. The molecule has 0 spiro atoms. The van der Waals surface area contributed by atoms with E-state index < -0.39 is 0 Å². The zero-order valence-electron chi connectivity index (χ0n) is 35.1. The van der Waals surface area contributed by atoms with Crippen LogP contribution in [0, 0.1) is 0 Å². The van der Waals surface area contributed by atoms with Gasteiger partial charge in [-0.15, -0.1) is 0 Å². The molecule has 0 heterocycles. The molecular formula is C62H47N. The number of benzene rings is 9. The number of hydrogen-bond donors (Lipinski definition) is 1. The van der Waals surface area contributed by atoms with Crippen LogP contribution in [0.15, 0.2) is 261 Å². The minimum Gasteiger partial charge on any atom is -0.398 e. The van der Waals surface area contributed by atoms with Crippen LogP contribution in [0.25, 0.3) is 67.8 Å². The van der Waals surface area contributed by atoms with Crippen molar-refractivity contribution in [3.63, 3.8) is 0 Å². The molecule has 9 rings (SSSR count). The minimum atomic E-state index is 0.760. The highest BCUT2D eigenvalue weighted by Gasteiger charge is 2.12. The average molecular weight is 806 g/mol. The molecule has 9 aromatic rings. The van der Waals surface area contributed by atoms with Crippen LogP contribution in [-0.4, -0.2) is 0 Å². The summed E-state index contributed by atoms with van der Waals surface area (Å²) in [5.41, 5.74) is 26.0. The Bertz CT molecular complexity index is 2930. The standard InChI is InChI=1S/C62H47N/c63-61-29-15-28-60(56-42-38-50(39-43-56)48-34-30-46(31-35-48)16-13-26-58(52-18-5-1-6-19-52)53-20-7-2-8-21-53)62(61)57-44-40-51(41-45-57)49-36-32-47(33-37-49)17-14-27-59(54-22-9-3-10-23-54)55-24-11-4-12-25-55/h1-45H,63H2. The first-order valence-electron chi connectivity index (χ1n) is 21.4. The van der Waals surface area contributed by atoms with E-state index in [2.05, 4.69) is 261 Å². The highest BCUT2D eigenvalue weighted by atomic mass is 14.6. The van der Waals surface area contributed by atoms with Gasteiger partial charge in [0.15, 0.2) is 0 Å². The molecule has 0 atom stereocenters. The average Bonchev–Trinajstić information content (AvgIpc) is 3.36. The van der Waals surface area contributed by atoms with Gasteiger partial charge in [0.2, 0.25) is 0 Å². The molecule has 9 aromatic carbocycles. The van der Waals surface area contributed by atoms with Crippen molar-refractivity contribution in [3.8, 4) is 44.5 Å². The smallest absolute Gasteiger partial charge is 0.0400 e. The van der Waals surface area contributed by atoms with E-state index in [4.69, 9.17) is 5.73 Å². The second-order valence-electron chi connectivity index (χ2n) is 15.5. The molecule has 1 nitrogen and oxygen atoms in total. The fraction of sp³-hybridized carbons (Fsp3) is 0. The lowest BCUT2D eigenvalue weighted by molar-refractivity contribution is 1.54. The number of rotatable bonds is 12. The summed E-state index contributed by atoms with van der Waals surface area (Å²) in [5, 5.41) is 0. The molecule has 0 saturated heterocycles. The van der Waals surface area contributed by atoms with Crippen molar-refractivity contribution in [2.24, 2.45) is 0 Å². The molecule has 0 fully saturated rings. The minimum absolute atomic E-state index is 0.760. The third-order valence-electron chi connectivity index (χ3n) is 11.4. The predicted octanol–water partition coefficient (Wildman–Crippen LogP) is 16.2. The molecule has 300 valence electrons. The maximum Gasteiger partial charge on any atom is 0.0400 e. The summed E-state index contributed by atoms with van der Waals surface area (Å²) in [6.45, 7) is 0. The summed E-state index contributed by atoms with van der Waals surface area (Å²) in [6, 6.07) is 83.4. The van der Waals surface area contributed by atoms with Crippen molar-refractivity contribution in [2.45, 2.75) is 0 Å². The Hall–Kier alpha value is -8.26. The van der Waals surface area contributed by atoms with E-state index in [1.807, 2.05) is 12.1 Å². The van der Waals surface area contributed by atoms with E-state index in [-0.39, 0.29) is 0 Å². The monoisotopic (exact) mass is 805 g/mol. The summed E-state index contributed by atoms with van der Waals surface area (Å²) in [7, 11) is 0. The topological polar surface area (TPSA) is 26.0 Å². The van der Waals surface area contributed by atoms with Crippen molar-refractivity contribution in [2.75, 3.05) is 5.73 Å². The largest absolute Gasteiger partial charge is 0.398 e. The van der Waals surface area contributed by atoms with Gasteiger partial charge in [0.1, 0.15) is 0 Å². The lowest BCUT2D eigenvalue weighted by Crippen LogP contribution is -1.93. The molecule has 0 aliphatic heterocycles. The summed E-state index contributed by atoms with van der Waals surface area (Å²) in [5.74, 6) is 0. The third kappa shape index (κ3) is 9.71. The third-order valence-corrected chi connectivity index (χ3v) is 11.4.